The zero-order valence-electron chi connectivity index (χ0n) is 13.6. The smallest absolute Gasteiger partial charge is 0.321 e. The molecular formula is C16H14ClF3N2O3S. The lowest BCUT2D eigenvalue weighted by Gasteiger charge is -2.13. The van der Waals surface area contributed by atoms with Crippen LogP contribution in [0.15, 0.2) is 36.4 Å². The number of hydrogen-bond donors (Lipinski definition) is 2. The molecule has 140 valence electrons. The van der Waals surface area contributed by atoms with Crippen molar-refractivity contribution in [3.63, 3.8) is 0 Å². The molecule has 1 amide bonds. The summed E-state index contributed by atoms with van der Waals surface area (Å²) in [5.41, 5.74) is -0.347. The molecule has 2 N–H and O–H groups in total. The van der Waals surface area contributed by atoms with E-state index in [9.17, 15) is 26.4 Å². The number of halogens is 4. The van der Waals surface area contributed by atoms with Crippen molar-refractivity contribution < 1.29 is 26.4 Å². The lowest BCUT2D eigenvalue weighted by Crippen LogP contribution is -2.15. The van der Waals surface area contributed by atoms with Gasteiger partial charge in [0.15, 0.2) is 0 Å². The van der Waals surface area contributed by atoms with E-state index in [1.54, 1.807) is 6.92 Å². The lowest BCUT2D eigenvalue weighted by atomic mass is 10.1. The van der Waals surface area contributed by atoms with E-state index in [4.69, 9.17) is 11.6 Å². The number of aryl methyl sites for hydroxylation is 1. The Morgan fingerprint density at radius 3 is 2.31 bits per heavy atom. The van der Waals surface area contributed by atoms with Gasteiger partial charge < -0.3 is 5.32 Å². The number of rotatable bonds is 4. The molecule has 0 unspecified atom stereocenters. The Hall–Kier alpha value is -2.26. The summed E-state index contributed by atoms with van der Waals surface area (Å²) in [5.74, 6) is -0.734. The summed E-state index contributed by atoms with van der Waals surface area (Å²) in [5, 5.41) is 2.24. The van der Waals surface area contributed by atoms with Crippen LogP contribution in [-0.4, -0.2) is 20.6 Å². The maximum absolute atomic E-state index is 12.8. The summed E-state index contributed by atoms with van der Waals surface area (Å²) >= 11 is 5.85. The molecule has 2 rings (SSSR count). The normalized spacial score (nSPS) is 11.9. The van der Waals surface area contributed by atoms with Gasteiger partial charge in [0, 0.05) is 5.56 Å². The van der Waals surface area contributed by atoms with Crippen LogP contribution < -0.4 is 10.0 Å². The maximum atomic E-state index is 12.8. The summed E-state index contributed by atoms with van der Waals surface area (Å²) in [4.78, 5) is 12.3. The average molecular weight is 407 g/mol. The largest absolute Gasteiger partial charge is 0.416 e. The van der Waals surface area contributed by atoms with Crippen molar-refractivity contribution in [3.05, 3.63) is 58.1 Å². The van der Waals surface area contributed by atoms with Crippen molar-refractivity contribution in [3.8, 4) is 0 Å². The van der Waals surface area contributed by atoms with Gasteiger partial charge in [-0.15, -0.1) is 0 Å². The Labute approximate surface area is 153 Å². The Bertz CT molecular complexity index is 960. The van der Waals surface area contributed by atoms with Crippen LogP contribution in [0.4, 0.5) is 24.5 Å². The van der Waals surface area contributed by atoms with Gasteiger partial charge in [-0.3, -0.25) is 9.52 Å². The highest BCUT2D eigenvalue weighted by atomic mass is 35.5. The van der Waals surface area contributed by atoms with Gasteiger partial charge in [-0.25, -0.2) is 8.42 Å². The topological polar surface area (TPSA) is 75.3 Å². The third kappa shape index (κ3) is 5.12. The van der Waals surface area contributed by atoms with E-state index < -0.39 is 27.7 Å². The van der Waals surface area contributed by atoms with E-state index in [0.29, 0.717) is 5.56 Å². The zero-order chi connectivity index (χ0) is 19.7. The number of sulfonamides is 1. The van der Waals surface area contributed by atoms with Crippen molar-refractivity contribution in [2.45, 2.75) is 13.1 Å². The molecular weight excluding hydrogens is 393 g/mol. The number of nitrogens with one attached hydrogen (secondary N) is 2. The molecule has 0 saturated carbocycles. The highest BCUT2D eigenvalue weighted by Crippen LogP contribution is 2.34. The quantitative estimate of drug-likeness (QED) is 0.795. The lowest BCUT2D eigenvalue weighted by molar-refractivity contribution is -0.137. The van der Waals surface area contributed by atoms with Crippen molar-refractivity contribution in [1.29, 1.82) is 0 Å². The van der Waals surface area contributed by atoms with Crippen LogP contribution in [0.25, 0.3) is 0 Å². The van der Waals surface area contributed by atoms with E-state index in [1.165, 1.54) is 18.2 Å². The van der Waals surface area contributed by atoms with Gasteiger partial charge in [0.2, 0.25) is 10.0 Å². The first kappa shape index (κ1) is 20.1. The summed E-state index contributed by atoms with van der Waals surface area (Å²) in [6.07, 6.45) is -3.62. The summed E-state index contributed by atoms with van der Waals surface area (Å²) < 4.78 is 63.4. The number of carbonyl (C=O) groups is 1. The zero-order valence-corrected chi connectivity index (χ0v) is 15.2. The molecule has 26 heavy (non-hydrogen) atoms. The summed E-state index contributed by atoms with van der Waals surface area (Å²) in [6.45, 7) is 1.64. The first-order chi connectivity index (χ1) is 11.9. The molecule has 10 heteroatoms. The van der Waals surface area contributed by atoms with E-state index in [-0.39, 0.29) is 22.0 Å². The Kier molecular flexibility index (Phi) is 5.52. The van der Waals surface area contributed by atoms with Gasteiger partial charge in [0.25, 0.3) is 5.91 Å². The molecule has 2 aromatic carbocycles. The number of amides is 1. The maximum Gasteiger partial charge on any atom is 0.416 e. The minimum Gasteiger partial charge on any atom is -0.321 e. The van der Waals surface area contributed by atoms with Crippen LogP contribution in [0.1, 0.15) is 21.5 Å². The van der Waals surface area contributed by atoms with Crippen LogP contribution >= 0.6 is 11.6 Å². The minimum atomic E-state index is -4.58. The molecule has 0 aromatic heterocycles. The van der Waals surface area contributed by atoms with E-state index in [2.05, 4.69) is 10.0 Å². The van der Waals surface area contributed by atoms with E-state index in [1.807, 2.05) is 0 Å². The van der Waals surface area contributed by atoms with Gasteiger partial charge in [-0.2, -0.15) is 13.2 Å². The number of benzene rings is 2. The molecule has 0 aliphatic rings. The minimum absolute atomic E-state index is 0.0511. The van der Waals surface area contributed by atoms with Crippen LogP contribution in [0.5, 0.6) is 0 Å². The first-order valence-corrected chi connectivity index (χ1v) is 9.40. The van der Waals surface area contributed by atoms with Crippen molar-refractivity contribution >= 4 is 38.9 Å². The number of anilines is 2. The predicted octanol–water partition coefficient (Wildman–Crippen LogP) is 4.29. The molecule has 2 aromatic rings. The highest BCUT2D eigenvalue weighted by molar-refractivity contribution is 7.92. The van der Waals surface area contributed by atoms with Gasteiger partial charge >= 0.3 is 6.18 Å². The SMILES string of the molecule is Cc1ccc(C(=O)Nc2cc(C(F)(F)F)ccc2Cl)cc1NS(C)(=O)=O. The summed E-state index contributed by atoms with van der Waals surface area (Å²) in [6, 6.07) is 6.77. The monoisotopic (exact) mass is 406 g/mol. The molecule has 5 nitrogen and oxygen atoms in total. The van der Waals surface area contributed by atoms with Crippen molar-refractivity contribution in [2.75, 3.05) is 16.3 Å². The fourth-order valence-corrected chi connectivity index (χ4v) is 2.85. The van der Waals surface area contributed by atoms with Gasteiger partial charge in [-0.05, 0) is 42.8 Å². The molecule has 0 aliphatic heterocycles. The van der Waals surface area contributed by atoms with Gasteiger partial charge in [0.05, 0.1) is 28.2 Å². The second-order valence-electron chi connectivity index (χ2n) is 5.55. The van der Waals surface area contributed by atoms with Gasteiger partial charge in [-0.1, -0.05) is 17.7 Å². The molecule has 0 spiro atoms. The van der Waals surface area contributed by atoms with E-state index in [0.717, 1.165) is 24.5 Å². The molecule has 0 bridgehead atoms. The Morgan fingerprint density at radius 2 is 1.73 bits per heavy atom. The fraction of sp³-hybridized carbons (Fsp3) is 0.188. The molecule has 0 aliphatic carbocycles. The van der Waals surface area contributed by atoms with Crippen LogP contribution in [0.3, 0.4) is 0 Å². The van der Waals surface area contributed by atoms with Crippen LogP contribution in [-0.2, 0) is 16.2 Å². The third-order valence-electron chi connectivity index (χ3n) is 3.34. The molecule has 0 saturated heterocycles. The third-order valence-corrected chi connectivity index (χ3v) is 4.26. The van der Waals surface area contributed by atoms with Crippen molar-refractivity contribution in [1.82, 2.24) is 0 Å². The molecule has 0 atom stereocenters. The first-order valence-electron chi connectivity index (χ1n) is 7.13. The van der Waals surface area contributed by atoms with Crippen LogP contribution in [0, 0.1) is 6.92 Å². The molecule has 0 radical (unpaired) electrons. The second-order valence-corrected chi connectivity index (χ2v) is 7.71. The fourth-order valence-electron chi connectivity index (χ4n) is 2.06. The molecule has 0 heterocycles. The average Bonchev–Trinajstić information content (AvgIpc) is 2.49. The number of hydrogen-bond acceptors (Lipinski definition) is 3. The Balaban J connectivity index is 2.32. The number of carbonyl (C=O) groups excluding carboxylic acids is 1. The van der Waals surface area contributed by atoms with E-state index >= 15 is 0 Å². The highest BCUT2D eigenvalue weighted by Gasteiger charge is 2.31. The van der Waals surface area contributed by atoms with Gasteiger partial charge in [0.1, 0.15) is 0 Å². The second kappa shape index (κ2) is 7.16. The Morgan fingerprint density at radius 1 is 1.08 bits per heavy atom. The standard InChI is InChI=1S/C16H14ClF3N2O3S/c1-9-3-4-10(7-13(9)22-26(2,24)25)15(23)21-14-8-11(16(18,19)20)5-6-12(14)17/h3-8,22H,1-2H3,(H,21,23). The predicted molar refractivity (Wildman–Crippen MR) is 94.1 cm³/mol. The van der Waals surface area contributed by atoms with Crippen LogP contribution in [0.2, 0.25) is 5.02 Å². The number of alkyl halides is 3. The summed E-state index contributed by atoms with van der Waals surface area (Å²) in [7, 11) is -3.56. The molecule has 0 fully saturated rings. The van der Waals surface area contributed by atoms with Crippen molar-refractivity contribution in [2.24, 2.45) is 0 Å².